The fourth-order valence-corrected chi connectivity index (χ4v) is 7.18. The van der Waals surface area contributed by atoms with E-state index in [0.717, 1.165) is 24.8 Å². The number of carbonyl (C=O) groups excluding carboxylic acids is 2. The minimum atomic E-state index is -1.69. The molecule has 0 aromatic heterocycles. The summed E-state index contributed by atoms with van der Waals surface area (Å²) in [6.07, 6.45) is 10.6. The molecule has 4 rings (SSSR count). The van der Waals surface area contributed by atoms with Gasteiger partial charge in [0.15, 0.2) is 11.7 Å². The first-order valence-corrected chi connectivity index (χ1v) is 11.1. The van der Waals surface area contributed by atoms with Gasteiger partial charge in [0.05, 0.1) is 0 Å². The van der Waals surface area contributed by atoms with Gasteiger partial charge in [0.2, 0.25) is 0 Å². The summed E-state index contributed by atoms with van der Waals surface area (Å²) < 4.78 is 0. The summed E-state index contributed by atoms with van der Waals surface area (Å²) in [6.45, 7) is 6.34. The average molecular weight is 427 g/mol. The molecule has 0 saturated heterocycles. The maximum absolute atomic E-state index is 13.2. The molecule has 31 heavy (non-hydrogen) atoms. The van der Waals surface area contributed by atoms with E-state index < -0.39 is 24.3 Å². The molecular weight excluding hydrogens is 396 g/mol. The number of hydrogen-bond acceptors (Lipinski definition) is 4. The van der Waals surface area contributed by atoms with Crippen molar-refractivity contribution in [3.8, 4) is 0 Å². The molecule has 4 aliphatic rings. The van der Waals surface area contributed by atoms with E-state index in [1.165, 1.54) is 5.57 Å². The highest BCUT2D eigenvalue weighted by Gasteiger charge is 2.59. The molecule has 2 fully saturated rings. The van der Waals surface area contributed by atoms with Crippen LogP contribution in [0.15, 0.2) is 35.5 Å². The molecule has 2 N–H and O–H groups in total. The molecule has 0 spiro atoms. The first kappa shape index (κ1) is 21.7. The van der Waals surface area contributed by atoms with Crippen molar-refractivity contribution in [3.63, 3.8) is 0 Å². The van der Waals surface area contributed by atoms with Crippen LogP contribution in [0.3, 0.4) is 0 Å². The van der Waals surface area contributed by atoms with Crippen molar-refractivity contribution < 1.29 is 29.4 Å². The van der Waals surface area contributed by atoms with E-state index in [4.69, 9.17) is 0 Å². The third-order valence-corrected chi connectivity index (χ3v) is 8.64. The van der Waals surface area contributed by atoms with Gasteiger partial charge in [0.1, 0.15) is 5.78 Å². The Morgan fingerprint density at radius 1 is 1.19 bits per heavy atom. The lowest BCUT2D eigenvalue weighted by Gasteiger charge is -2.52. The molecule has 0 aromatic rings. The summed E-state index contributed by atoms with van der Waals surface area (Å²) in [4.78, 5) is 47.8. The summed E-state index contributed by atoms with van der Waals surface area (Å²) in [5.41, 5.74) is 1.94. The van der Waals surface area contributed by atoms with Gasteiger partial charge in [-0.1, -0.05) is 37.1 Å². The molecule has 4 aliphatic carbocycles. The molecular formula is C25H30O6. The molecule has 0 heterocycles. The fourth-order valence-electron chi connectivity index (χ4n) is 7.18. The maximum atomic E-state index is 13.2. The molecule has 6 atom stereocenters. The third kappa shape index (κ3) is 3.22. The molecule has 6 heteroatoms. The lowest BCUT2D eigenvalue weighted by atomic mass is 9.52. The Balaban J connectivity index is 1.65. The normalized spacial score (nSPS) is 38.6. The smallest absolute Gasteiger partial charge is 0.318 e. The van der Waals surface area contributed by atoms with Crippen LogP contribution in [0.5, 0.6) is 0 Å². The number of ketones is 2. The summed E-state index contributed by atoms with van der Waals surface area (Å²) in [5, 5.41) is 18.5. The van der Waals surface area contributed by atoms with Crippen LogP contribution in [0.1, 0.15) is 52.9 Å². The van der Waals surface area contributed by atoms with Crippen molar-refractivity contribution in [1.29, 1.82) is 0 Å². The van der Waals surface area contributed by atoms with Crippen molar-refractivity contribution in [2.24, 2.45) is 40.4 Å². The zero-order chi connectivity index (χ0) is 22.7. The lowest BCUT2D eigenvalue weighted by molar-refractivity contribution is -0.157. The fraction of sp³-hybridized carbons (Fsp3) is 0.600. The molecule has 166 valence electrons. The summed E-state index contributed by atoms with van der Waals surface area (Å²) >= 11 is 0. The minimum Gasteiger partial charge on any atom is -0.481 e. The van der Waals surface area contributed by atoms with Crippen LogP contribution >= 0.6 is 0 Å². The number of allylic oxidation sites excluding steroid dienone is 6. The van der Waals surface area contributed by atoms with E-state index in [-0.39, 0.29) is 40.2 Å². The van der Waals surface area contributed by atoms with Gasteiger partial charge in [-0.25, -0.2) is 0 Å². The SMILES string of the molecule is C[C@@H]1C[C@H]2[C@@H]3CCC4=CC(=O)C=C[C@]4(C)C3=CC[C@]2(C)[C@H]1C(=O)CC(C(=O)O)C(=O)O. The Labute approximate surface area is 182 Å². The highest BCUT2D eigenvalue weighted by Crippen LogP contribution is 2.65. The minimum absolute atomic E-state index is 0.0405. The van der Waals surface area contributed by atoms with E-state index in [1.807, 2.05) is 13.0 Å². The van der Waals surface area contributed by atoms with Gasteiger partial charge in [-0.2, -0.15) is 0 Å². The van der Waals surface area contributed by atoms with Crippen LogP contribution in [0, 0.1) is 40.4 Å². The van der Waals surface area contributed by atoms with Crippen LogP contribution in [0.25, 0.3) is 0 Å². The average Bonchev–Trinajstić information content (AvgIpc) is 2.96. The second-order valence-corrected chi connectivity index (χ2v) is 10.3. The predicted molar refractivity (Wildman–Crippen MR) is 113 cm³/mol. The number of carboxylic acids is 2. The second-order valence-electron chi connectivity index (χ2n) is 10.3. The zero-order valence-corrected chi connectivity index (χ0v) is 18.3. The number of fused-ring (bicyclic) bond motifs is 5. The Kier molecular flexibility index (Phi) is 5.10. The summed E-state index contributed by atoms with van der Waals surface area (Å²) in [7, 11) is 0. The van der Waals surface area contributed by atoms with Crippen LogP contribution < -0.4 is 0 Å². The van der Waals surface area contributed by atoms with Crippen LogP contribution in [0.4, 0.5) is 0 Å². The maximum Gasteiger partial charge on any atom is 0.318 e. The monoisotopic (exact) mass is 426 g/mol. The zero-order valence-electron chi connectivity index (χ0n) is 18.3. The molecule has 0 radical (unpaired) electrons. The molecule has 0 amide bonds. The molecule has 0 aliphatic heterocycles. The lowest BCUT2D eigenvalue weighted by Crippen LogP contribution is -2.45. The van der Waals surface area contributed by atoms with E-state index >= 15 is 0 Å². The van der Waals surface area contributed by atoms with E-state index in [2.05, 4.69) is 19.9 Å². The quantitative estimate of drug-likeness (QED) is 0.511. The Morgan fingerprint density at radius 3 is 2.52 bits per heavy atom. The van der Waals surface area contributed by atoms with Gasteiger partial charge in [0.25, 0.3) is 0 Å². The van der Waals surface area contributed by atoms with Gasteiger partial charge in [-0.15, -0.1) is 0 Å². The van der Waals surface area contributed by atoms with Gasteiger partial charge >= 0.3 is 11.9 Å². The molecule has 0 bridgehead atoms. The van der Waals surface area contributed by atoms with Crippen LogP contribution in [0.2, 0.25) is 0 Å². The standard InChI is InChI=1S/C25H30O6/c1-13-10-19-16-5-4-14-11-15(26)6-8-24(14,2)18(16)7-9-25(19,3)21(13)20(27)12-17(22(28)29)23(30)31/h6-8,11,13,16-17,19,21H,4-5,9-10,12H2,1-3H3,(H,28,29)(H,30,31)/t13-,16-,19+,21-,24+,25+/m1/s1. The van der Waals surface area contributed by atoms with Gasteiger partial charge in [0, 0.05) is 17.8 Å². The number of carboxylic acid groups (broad SMARTS) is 2. The molecule has 2 saturated carbocycles. The van der Waals surface area contributed by atoms with E-state index in [0.29, 0.717) is 12.3 Å². The number of aliphatic carboxylic acids is 2. The van der Waals surface area contributed by atoms with E-state index in [9.17, 15) is 29.4 Å². The van der Waals surface area contributed by atoms with Crippen molar-refractivity contribution in [1.82, 2.24) is 0 Å². The summed E-state index contributed by atoms with van der Waals surface area (Å²) in [6, 6.07) is 0. The third-order valence-electron chi connectivity index (χ3n) is 8.64. The van der Waals surface area contributed by atoms with Crippen molar-refractivity contribution in [3.05, 3.63) is 35.5 Å². The second kappa shape index (κ2) is 7.28. The largest absolute Gasteiger partial charge is 0.481 e. The Bertz CT molecular complexity index is 941. The number of hydrogen-bond donors (Lipinski definition) is 2. The van der Waals surface area contributed by atoms with Crippen molar-refractivity contribution >= 4 is 23.5 Å². The molecule has 6 nitrogen and oxygen atoms in total. The molecule has 0 aromatic carbocycles. The van der Waals surface area contributed by atoms with Gasteiger partial charge in [-0.3, -0.25) is 19.2 Å². The highest BCUT2D eigenvalue weighted by atomic mass is 16.4. The van der Waals surface area contributed by atoms with Crippen molar-refractivity contribution in [2.75, 3.05) is 0 Å². The first-order chi connectivity index (χ1) is 14.5. The topological polar surface area (TPSA) is 109 Å². The number of rotatable bonds is 5. The Hall–Kier alpha value is -2.50. The van der Waals surface area contributed by atoms with Gasteiger partial charge < -0.3 is 10.2 Å². The van der Waals surface area contributed by atoms with Crippen molar-refractivity contribution in [2.45, 2.75) is 52.9 Å². The number of Topliss-reactive ketones (excluding diaryl/α,β-unsaturated/α-hetero) is 1. The predicted octanol–water partition coefficient (Wildman–Crippen LogP) is 3.82. The van der Waals surface area contributed by atoms with Crippen LogP contribution in [-0.2, 0) is 19.2 Å². The highest BCUT2D eigenvalue weighted by molar-refractivity contribution is 6.01. The molecule has 0 unspecified atom stereocenters. The van der Waals surface area contributed by atoms with Crippen LogP contribution in [-0.4, -0.2) is 33.7 Å². The van der Waals surface area contributed by atoms with E-state index in [1.54, 1.807) is 12.2 Å². The Morgan fingerprint density at radius 2 is 1.87 bits per heavy atom. The number of carbonyl (C=O) groups is 4. The first-order valence-electron chi connectivity index (χ1n) is 11.1. The summed E-state index contributed by atoms with van der Waals surface area (Å²) in [5.74, 6) is -4.48. The van der Waals surface area contributed by atoms with Gasteiger partial charge in [-0.05, 0) is 67.9 Å².